The highest BCUT2D eigenvalue weighted by atomic mass is 16.6. The largest absolute Gasteiger partial charge is 0.459 e. The topological polar surface area (TPSA) is 72.8 Å². The lowest BCUT2D eigenvalue weighted by Gasteiger charge is -2.33. The van der Waals surface area contributed by atoms with Crippen molar-refractivity contribution in [2.75, 3.05) is 0 Å². The summed E-state index contributed by atoms with van der Waals surface area (Å²) in [5, 5.41) is 10.2. The molecule has 3 saturated carbocycles. The molecule has 0 radical (unpaired) electrons. The van der Waals surface area contributed by atoms with Crippen molar-refractivity contribution in [3.63, 3.8) is 0 Å². The van der Waals surface area contributed by atoms with Gasteiger partial charge < -0.3 is 14.6 Å². The maximum Gasteiger partial charge on any atom is 0.310 e. The summed E-state index contributed by atoms with van der Waals surface area (Å²) in [6.07, 6.45) is 4.45. The number of hydrogen-bond donors (Lipinski definition) is 1. The number of aliphatic hydroxyl groups excluding tert-OH is 1. The monoisotopic (exact) mass is 294 g/mol. The molecule has 0 aromatic heterocycles. The fourth-order valence-electron chi connectivity index (χ4n) is 5.17. The summed E-state index contributed by atoms with van der Waals surface area (Å²) in [6.45, 7) is 2.05. The van der Waals surface area contributed by atoms with Gasteiger partial charge in [-0.15, -0.1) is 0 Å². The van der Waals surface area contributed by atoms with E-state index in [0.717, 1.165) is 32.1 Å². The zero-order valence-electron chi connectivity index (χ0n) is 12.3. The van der Waals surface area contributed by atoms with Gasteiger partial charge in [-0.2, -0.15) is 0 Å². The van der Waals surface area contributed by atoms with E-state index in [2.05, 4.69) is 0 Å². The van der Waals surface area contributed by atoms with Crippen molar-refractivity contribution in [2.24, 2.45) is 23.7 Å². The van der Waals surface area contributed by atoms with Gasteiger partial charge in [0.15, 0.2) is 0 Å². The maximum absolute atomic E-state index is 12.7. The number of rotatable bonds is 3. The van der Waals surface area contributed by atoms with Crippen LogP contribution in [-0.2, 0) is 19.1 Å². The third-order valence-electron chi connectivity index (χ3n) is 6.32. The van der Waals surface area contributed by atoms with Crippen molar-refractivity contribution in [2.45, 2.75) is 63.3 Å². The molecule has 0 aromatic rings. The molecule has 3 aliphatic carbocycles. The first-order valence-electron chi connectivity index (χ1n) is 8.18. The Morgan fingerprint density at radius 2 is 2.10 bits per heavy atom. The third-order valence-corrected chi connectivity index (χ3v) is 6.32. The molecule has 4 aliphatic rings. The van der Waals surface area contributed by atoms with Crippen LogP contribution in [0, 0.1) is 23.7 Å². The molecule has 6 atom stereocenters. The van der Waals surface area contributed by atoms with Gasteiger partial charge in [-0.3, -0.25) is 9.59 Å². The Kier molecular flexibility index (Phi) is 2.87. The molecule has 1 aliphatic heterocycles. The fourth-order valence-corrected chi connectivity index (χ4v) is 5.17. The summed E-state index contributed by atoms with van der Waals surface area (Å²) in [7, 11) is 0. The molecule has 0 aromatic carbocycles. The molecule has 116 valence electrons. The smallest absolute Gasteiger partial charge is 0.310 e. The van der Waals surface area contributed by atoms with Gasteiger partial charge in [-0.25, -0.2) is 0 Å². The van der Waals surface area contributed by atoms with E-state index in [9.17, 15) is 14.7 Å². The minimum atomic E-state index is -0.698. The SMILES string of the molecule is CCC1(OC(=O)C2C3CC4C(OC(=O)C42)C3O)CCCC1. The van der Waals surface area contributed by atoms with Crippen molar-refractivity contribution in [3.05, 3.63) is 0 Å². The third kappa shape index (κ3) is 1.73. The Hall–Kier alpha value is -1.10. The quantitative estimate of drug-likeness (QED) is 0.797. The Bertz CT molecular complexity index is 481. The van der Waals surface area contributed by atoms with E-state index in [-0.39, 0.29) is 41.4 Å². The Labute approximate surface area is 124 Å². The van der Waals surface area contributed by atoms with Crippen molar-refractivity contribution >= 4 is 11.9 Å². The lowest BCUT2D eigenvalue weighted by molar-refractivity contribution is -0.171. The second kappa shape index (κ2) is 4.45. The van der Waals surface area contributed by atoms with Crippen LogP contribution in [0.25, 0.3) is 0 Å². The number of carbonyl (C=O) groups is 2. The summed E-state index contributed by atoms with van der Waals surface area (Å²) in [4.78, 5) is 24.7. The van der Waals surface area contributed by atoms with Crippen LogP contribution in [0.1, 0.15) is 45.4 Å². The van der Waals surface area contributed by atoms with Gasteiger partial charge in [-0.1, -0.05) is 6.92 Å². The number of aliphatic hydroxyl groups is 1. The molecule has 4 rings (SSSR count). The first kappa shape index (κ1) is 13.6. The van der Waals surface area contributed by atoms with Crippen LogP contribution >= 0.6 is 0 Å². The average Bonchev–Trinajstić information content (AvgIpc) is 3.17. The normalized spacial score (nSPS) is 45.9. The number of fused-ring (bicyclic) bond motifs is 1. The van der Waals surface area contributed by atoms with Gasteiger partial charge in [0, 0.05) is 11.8 Å². The van der Waals surface area contributed by atoms with E-state index < -0.39 is 12.0 Å². The predicted octanol–water partition coefficient (Wildman–Crippen LogP) is 1.42. The lowest BCUT2D eigenvalue weighted by Crippen LogP contribution is -2.44. The highest BCUT2D eigenvalue weighted by Crippen LogP contribution is 2.58. The van der Waals surface area contributed by atoms with E-state index in [4.69, 9.17) is 9.47 Å². The second-order valence-corrected chi connectivity index (χ2v) is 7.17. The van der Waals surface area contributed by atoms with Gasteiger partial charge in [0.1, 0.15) is 11.7 Å². The first-order chi connectivity index (χ1) is 10.1. The first-order valence-corrected chi connectivity index (χ1v) is 8.18. The van der Waals surface area contributed by atoms with Crippen LogP contribution in [0.5, 0.6) is 0 Å². The van der Waals surface area contributed by atoms with E-state index >= 15 is 0 Å². The second-order valence-electron chi connectivity index (χ2n) is 7.17. The van der Waals surface area contributed by atoms with Crippen LogP contribution in [0.3, 0.4) is 0 Å². The van der Waals surface area contributed by atoms with Gasteiger partial charge in [0.05, 0.1) is 17.9 Å². The Morgan fingerprint density at radius 1 is 1.38 bits per heavy atom. The van der Waals surface area contributed by atoms with Gasteiger partial charge >= 0.3 is 11.9 Å². The van der Waals surface area contributed by atoms with Crippen molar-refractivity contribution in [3.8, 4) is 0 Å². The number of esters is 2. The molecule has 6 unspecified atom stereocenters. The molecular formula is C16H22O5. The van der Waals surface area contributed by atoms with Crippen LogP contribution < -0.4 is 0 Å². The molecule has 1 N–H and O–H groups in total. The molecule has 0 amide bonds. The average molecular weight is 294 g/mol. The minimum Gasteiger partial charge on any atom is -0.459 e. The highest BCUT2D eigenvalue weighted by Gasteiger charge is 2.69. The van der Waals surface area contributed by atoms with Crippen LogP contribution in [-0.4, -0.2) is 34.9 Å². The summed E-state index contributed by atoms with van der Waals surface area (Å²) < 4.78 is 11.1. The summed E-state index contributed by atoms with van der Waals surface area (Å²) >= 11 is 0. The zero-order chi connectivity index (χ0) is 14.8. The van der Waals surface area contributed by atoms with Crippen LogP contribution in [0.4, 0.5) is 0 Å². The van der Waals surface area contributed by atoms with E-state index in [1.165, 1.54) is 0 Å². The predicted molar refractivity (Wildman–Crippen MR) is 72.0 cm³/mol. The molecule has 1 heterocycles. The summed E-state index contributed by atoms with van der Waals surface area (Å²) in [6, 6.07) is 0. The molecule has 1 saturated heterocycles. The van der Waals surface area contributed by atoms with E-state index in [0.29, 0.717) is 6.42 Å². The number of hydrogen-bond acceptors (Lipinski definition) is 5. The van der Waals surface area contributed by atoms with Crippen molar-refractivity contribution in [1.82, 2.24) is 0 Å². The minimum absolute atomic E-state index is 0.0104. The number of carbonyl (C=O) groups excluding carboxylic acids is 2. The summed E-state index contributed by atoms with van der Waals surface area (Å²) in [5.74, 6) is -1.64. The molecule has 0 spiro atoms. The Balaban J connectivity index is 1.56. The van der Waals surface area contributed by atoms with Crippen molar-refractivity contribution < 1.29 is 24.2 Å². The molecule has 21 heavy (non-hydrogen) atoms. The van der Waals surface area contributed by atoms with Crippen LogP contribution in [0.2, 0.25) is 0 Å². The van der Waals surface area contributed by atoms with Crippen molar-refractivity contribution in [1.29, 1.82) is 0 Å². The molecule has 5 heteroatoms. The van der Waals surface area contributed by atoms with Gasteiger partial charge in [-0.05, 0) is 38.5 Å². The zero-order valence-corrected chi connectivity index (χ0v) is 12.3. The van der Waals surface area contributed by atoms with Crippen LogP contribution in [0.15, 0.2) is 0 Å². The van der Waals surface area contributed by atoms with Gasteiger partial charge in [0.25, 0.3) is 0 Å². The molecule has 5 nitrogen and oxygen atoms in total. The summed E-state index contributed by atoms with van der Waals surface area (Å²) in [5.41, 5.74) is -0.341. The van der Waals surface area contributed by atoms with E-state index in [1.807, 2.05) is 6.92 Å². The maximum atomic E-state index is 12.7. The number of ether oxygens (including phenoxy) is 2. The van der Waals surface area contributed by atoms with Gasteiger partial charge in [0.2, 0.25) is 0 Å². The Morgan fingerprint density at radius 3 is 2.76 bits per heavy atom. The standard InChI is InChI=1S/C16H22O5/c1-2-16(5-3-4-6-16)21-15(19)10-8-7-9-11(10)14(18)20-13(9)12(8)17/h8-13,17H,2-7H2,1H3. The molecular weight excluding hydrogens is 272 g/mol. The molecule has 4 fully saturated rings. The highest BCUT2D eigenvalue weighted by molar-refractivity contribution is 5.86. The van der Waals surface area contributed by atoms with E-state index in [1.54, 1.807) is 0 Å². The molecule has 2 bridgehead atoms. The fraction of sp³-hybridized carbons (Fsp3) is 0.875. The lowest BCUT2D eigenvalue weighted by atomic mass is 9.78.